The molecule has 1 aromatic rings. The first-order valence-electron chi connectivity index (χ1n) is 6.41. The summed E-state index contributed by atoms with van der Waals surface area (Å²) in [7, 11) is 0. The van der Waals surface area contributed by atoms with Gasteiger partial charge in [0.05, 0.1) is 13.2 Å². The van der Waals surface area contributed by atoms with Crippen LogP contribution in [-0.4, -0.2) is 44.2 Å². The summed E-state index contributed by atoms with van der Waals surface area (Å²) in [4.78, 5) is 2.45. The van der Waals surface area contributed by atoms with Crippen molar-refractivity contribution in [3.05, 3.63) is 35.4 Å². The van der Waals surface area contributed by atoms with E-state index < -0.39 is 0 Å². The molecule has 3 nitrogen and oxygen atoms in total. The van der Waals surface area contributed by atoms with Gasteiger partial charge in [-0.15, -0.1) is 0 Å². The third-order valence-corrected chi connectivity index (χ3v) is 3.11. The standard InChI is InChI=1S/C14H22N2O/c1-13-3-2-4-14(11-13)12-17-10-9-16-7-5-15-6-8-16/h2-4,11,15H,5-10,12H2,1H3. The topological polar surface area (TPSA) is 24.5 Å². The van der Waals surface area contributed by atoms with Crippen LogP contribution in [0.2, 0.25) is 0 Å². The summed E-state index contributed by atoms with van der Waals surface area (Å²) in [5, 5.41) is 3.35. The number of ether oxygens (including phenoxy) is 1. The number of aryl methyl sites for hydroxylation is 1. The molecular weight excluding hydrogens is 212 g/mol. The Hall–Kier alpha value is -0.900. The van der Waals surface area contributed by atoms with Crippen molar-refractivity contribution < 1.29 is 4.74 Å². The summed E-state index contributed by atoms with van der Waals surface area (Å²) in [6.07, 6.45) is 0. The van der Waals surface area contributed by atoms with E-state index in [1.807, 2.05) is 0 Å². The normalized spacial score (nSPS) is 17.2. The average Bonchev–Trinajstić information content (AvgIpc) is 2.36. The monoisotopic (exact) mass is 234 g/mol. The molecule has 2 rings (SSSR count). The smallest absolute Gasteiger partial charge is 0.0717 e. The molecule has 0 radical (unpaired) electrons. The number of benzene rings is 1. The number of piperazine rings is 1. The first-order chi connectivity index (χ1) is 8.34. The highest BCUT2D eigenvalue weighted by Crippen LogP contribution is 2.05. The minimum absolute atomic E-state index is 0.730. The largest absolute Gasteiger partial charge is 0.375 e. The van der Waals surface area contributed by atoms with E-state index in [0.29, 0.717) is 0 Å². The van der Waals surface area contributed by atoms with E-state index in [1.165, 1.54) is 11.1 Å². The maximum Gasteiger partial charge on any atom is 0.0717 e. The van der Waals surface area contributed by atoms with Crippen molar-refractivity contribution in [2.75, 3.05) is 39.3 Å². The van der Waals surface area contributed by atoms with Crippen molar-refractivity contribution in [2.24, 2.45) is 0 Å². The van der Waals surface area contributed by atoms with Gasteiger partial charge >= 0.3 is 0 Å². The quantitative estimate of drug-likeness (QED) is 0.780. The van der Waals surface area contributed by atoms with Gasteiger partial charge in [0.15, 0.2) is 0 Å². The zero-order chi connectivity index (χ0) is 11.9. The highest BCUT2D eigenvalue weighted by molar-refractivity contribution is 5.21. The second-order valence-electron chi connectivity index (χ2n) is 4.63. The number of nitrogens with zero attached hydrogens (tertiary/aromatic N) is 1. The molecule has 1 aliphatic heterocycles. The number of nitrogens with one attached hydrogen (secondary N) is 1. The van der Waals surface area contributed by atoms with E-state index in [0.717, 1.165) is 45.9 Å². The maximum absolute atomic E-state index is 5.72. The Morgan fingerprint density at radius 1 is 1.29 bits per heavy atom. The van der Waals surface area contributed by atoms with E-state index in [4.69, 9.17) is 4.74 Å². The van der Waals surface area contributed by atoms with E-state index in [1.54, 1.807) is 0 Å². The Morgan fingerprint density at radius 2 is 2.12 bits per heavy atom. The van der Waals surface area contributed by atoms with Gasteiger partial charge in [-0.2, -0.15) is 0 Å². The van der Waals surface area contributed by atoms with Gasteiger partial charge in [0, 0.05) is 32.7 Å². The highest BCUT2D eigenvalue weighted by Gasteiger charge is 2.08. The molecular formula is C14H22N2O. The van der Waals surface area contributed by atoms with Gasteiger partial charge in [-0.05, 0) is 12.5 Å². The molecule has 1 N–H and O–H groups in total. The summed E-state index contributed by atoms with van der Waals surface area (Å²) in [6, 6.07) is 8.51. The molecule has 94 valence electrons. The molecule has 0 bridgehead atoms. The molecule has 1 fully saturated rings. The minimum Gasteiger partial charge on any atom is -0.375 e. The Kier molecular flexibility index (Phi) is 4.98. The van der Waals surface area contributed by atoms with Crippen LogP contribution in [0.25, 0.3) is 0 Å². The van der Waals surface area contributed by atoms with E-state index >= 15 is 0 Å². The fraction of sp³-hybridized carbons (Fsp3) is 0.571. The van der Waals surface area contributed by atoms with Crippen LogP contribution >= 0.6 is 0 Å². The molecule has 0 spiro atoms. The van der Waals surface area contributed by atoms with Crippen LogP contribution in [0.5, 0.6) is 0 Å². The molecule has 1 heterocycles. The molecule has 1 aromatic carbocycles. The minimum atomic E-state index is 0.730. The van der Waals surface area contributed by atoms with Crippen molar-refractivity contribution in [1.82, 2.24) is 10.2 Å². The van der Waals surface area contributed by atoms with Crippen LogP contribution in [-0.2, 0) is 11.3 Å². The number of rotatable bonds is 5. The summed E-state index contributed by atoms with van der Waals surface area (Å²) < 4.78 is 5.72. The van der Waals surface area contributed by atoms with Gasteiger partial charge in [0.2, 0.25) is 0 Å². The van der Waals surface area contributed by atoms with Gasteiger partial charge in [0.25, 0.3) is 0 Å². The summed E-state index contributed by atoms with van der Waals surface area (Å²) in [6.45, 7) is 9.23. The lowest BCUT2D eigenvalue weighted by Crippen LogP contribution is -2.44. The van der Waals surface area contributed by atoms with Crippen LogP contribution in [0.1, 0.15) is 11.1 Å². The Balaban J connectivity index is 1.62. The lowest BCUT2D eigenvalue weighted by atomic mass is 10.1. The van der Waals surface area contributed by atoms with Gasteiger partial charge in [-0.25, -0.2) is 0 Å². The molecule has 0 unspecified atom stereocenters. The van der Waals surface area contributed by atoms with Crippen molar-refractivity contribution in [2.45, 2.75) is 13.5 Å². The number of hydrogen-bond donors (Lipinski definition) is 1. The van der Waals surface area contributed by atoms with E-state index in [9.17, 15) is 0 Å². The SMILES string of the molecule is Cc1cccc(COCCN2CCNCC2)c1. The molecule has 0 atom stereocenters. The number of hydrogen-bond acceptors (Lipinski definition) is 3. The second kappa shape index (κ2) is 6.74. The first-order valence-corrected chi connectivity index (χ1v) is 6.41. The van der Waals surface area contributed by atoms with Crippen LogP contribution in [0, 0.1) is 6.92 Å². The third kappa shape index (κ3) is 4.46. The van der Waals surface area contributed by atoms with Gasteiger partial charge in [-0.1, -0.05) is 29.8 Å². The second-order valence-corrected chi connectivity index (χ2v) is 4.63. The zero-order valence-electron chi connectivity index (χ0n) is 10.6. The lowest BCUT2D eigenvalue weighted by molar-refractivity contribution is 0.0886. The first kappa shape index (κ1) is 12.6. The predicted molar refractivity (Wildman–Crippen MR) is 70.1 cm³/mol. The van der Waals surface area contributed by atoms with Crippen LogP contribution in [0.3, 0.4) is 0 Å². The van der Waals surface area contributed by atoms with Crippen molar-refractivity contribution in [3.63, 3.8) is 0 Å². The van der Waals surface area contributed by atoms with Crippen molar-refractivity contribution in [1.29, 1.82) is 0 Å². The van der Waals surface area contributed by atoms with Gasteiger partial charge in [0.1, 0.15) is 0 Å². The van der Waals surface area contributed by atoms with Gasteiger partial charge < -0.3 is 10.1 Å². The van der Waals surface area contributed by atoms with Crippen LogP contribution in [0.15, 0.2) is 24.3 Å². The molecule has 0 aliphatic carbocycles. The van der Waals surface area contributed by atoms with Gasteiger partial charge in [-0.3, -0.25) is 4.90 Å². The lowest BCUT2D eigenvalue weighted by Gasteiger charge is -2.26. The summed E-state index contributed by atoms with van der Waals surface area (Å²) in [5.74, 6) is 0. The van der Waals surface area contributed by atoms with Crippen LogP contribution < -0.4 is 5.32 Å². The maximum atomic E-state index is 5.72. The average molecular weight is 234 g/mol. The Bertz CT molecular complexity index is 335. The van der Waals surface area contributed by atoms with Crippen molar-refractivity contribution in [3.8, 4) is 0 Å². The summed E-state index contributed by atoms with van der Waals surface area (Å²) >= 11 is 0. The predicted octanol–water partition coefficient (Wildman–Crippen LogP) is 1.42. The molecule has 1 saturated heterocycles. The van der Waals surface area contributed by atoms with E-state index in [2.05, 4.69) is 41.4 Å². The molecule has 1 aliphatic rings. The fourth-order valence-electron chi connectivity index (χ4n) is 2.12. The third-order valence-electron chi connectivity index (χ3n) is 3.11. The van der Waals surface area contributed by atoms with Crippen molar-refractivity contribution >= 4 is 0 Å². The molecule has 0 aromatic heterocycles. The Morgan fingerprint density at radius 3 is 2.88 bits per heavy atom. The summed E-state index contributed by atoms with van der Waals surface area (Å²) in [5.41, 5.74) is 2.57. The Labute approximate surface area is 104 Å². The molecule has 3 heteroatoms. The molecule has 0 amide bonds. The fourth-order valence-corrected chi connectivity index (χ4v) is 2.12. The van der Waals surface area contributed by atoms with Crippen LogP contribution in [0.4, 0.5) is 0 Å². The highest BCUT2D eigenvalue weighted by atomic mass is 16.5. The zero-order valence-corrected chi connectivity index (χ0v) is 10.6. The molecule has 17 heavy (non-hydrogen) atoms. The molecule has 0 saturated carbocycles. The van der Waals surface area contributed by atoms with E-state index in [-0.39, 0.29) is 0 Å².